The zero-order valence-corrected chi connectivity index (χ0v) is 21.2. The smallest absolute Gasteiger partial charge is 0.377 e. The third-order valence-corrected chi connectivity index (χ3v) is 11.5. The van der Waals surface area contributed by atoms with Gasteiger partial charge in [0.15, 0.2) is 0 Å². The summed E-state index contributed by atoms with van der Waals surface area (Å²) in [5.74, 6) is 0.639. The van der Waals surface area contributed by atoms with Gasteiger partial charge in [0.2, 0.25) is 0 Å². The molecule has 29 heavy (non-hydrogen) atoms. The van der Waals surface area contributed by atoms with E-state index in [1.807, 2.05) is 20.8 Å². The van der Waals surface area contributed by atoms with Gasteiger partial charge in [-0.05, 0) is 58.9 Å². The Morgan fingerprint density at radius 3 is 1.79 bits per heavy atom. The van der Waals surface area contributed by atoms with Crippen molar-refractivity contribution in [3.8, 4) is 0 Å². The summed E-state index contributed by atoms with van der Waals surface area (Å²) >= 11 is 0. The summed E-state index contributed by atoms with van der Waals surface area (Å²) < 4.78 is 38.8. The van der Waals surface area contributed by atoms with Crippen molar-refractivity contribution in [1.29, 1.82) is 0 Å². The van der Waals surface area contributed by atoms with Gasteiger partial charge in [-0.2, -0.15) is 0 Å². The summed E-state index contributed by atoms with van der Waals surface area (Å²) in [7, 11) is 0.269. The highest BCUT2D eigenvalue weighted by atomic mass is 28.4. The molecule has 0 aromatic heterocycles. The highest BCUT2D eigenvalue weighted by molar-refractivity contribution is 6.61. The molecule has 0 amide bonds. The maximum atomic E-state index is 5.65. The second kappa shape index (κ2) is 14.2. The van der Waals surface area contributed by atoms with Gasteiger partial charge < -0.3 is 37.0 Å². The fourth-order valence-corrected chi connectivity index (χ4v) is 8.56. The Hall–Kier alpha value is 0.114. The van der Waals surface area contributed by atoms with Crippen LogP contribution < -0.4 is 5.73 Å². The van der Waals surface area contributed by atoms with E-state index in [0.29, 0.717) is 44.5 Å². The number of hydrogen-bond acceptors (Lipinski definition) is 8. The molecule has 0 radical (unpaired) electrons. The highest BCUT2D eigenvalue weighted by Gasteiger charge is 2.48. The van der Waals surface area contributed by atoms with Crippen LogP contribution in [0.25, 0.3) is 0 Å². The summed E-state index contributed by atoms with van der Waals surface area (Å²) in [6.45, 7) is 8.44. The summed E-state index contributed by atoms with van der Waals surface area (Å²) in [6.07, 6.45) is 5.52. The van der Waals surface area contributed by atoms with E-state index in [-0.39, 0.29) is 0 Å². The Labute approximate surface area is 179 Å². The van der Waals surface area contributed by atoms with Crippen LogP contribution in [-0.2, 0) is 31.3 Å². The summed E-state index contributed by atoms with van der Waals surface area (Å²) in [4.78, 5) is 0. The van der Waals surface area contributed by atoms with Crippen LogP contribution in [0, 0.1) is 5.92 Å². The van der Waals surface area contributed by atoms with Gasteiger partial charge in [0.1, 0.15) is 0 Å². The van der Waals surface area contributed by atoms with Gasteiger partial charge >= 0.3 is 17.6 Å². The van der Waals surface area contributed by atoms with Gasteiger partial charge in [0, 0.05) is 53.2 Å². The van der Waals surface area contributed by atoms with Crippen LogP contribution in [0.1, 0.15) is 46.5 Å². The highest BCUT2D eigenvalue weighted by Crippen LogP contribution is 2.42. The predicted octanol–water partition coefficient (Wildman–Crippen LogP) is 2.82. The van der Waals surface area contributed by atoms with E-state index in [2.05, 4.69) is 0 Å². The summed E-state index contributed by atoms with van der Waals surface area (Å²) in [5.41, 5.74) is 5.48. The molecule has 2 aliphatic rings. The van der Waals surface area contributed by atoms with Crippen molar-refractivity contribution in [2.45, 2.75) is 70.8 Å². The lowest BCUT2D eigenvalue weighted by molar-refractivity contribution is 0.0710. The van der Waals surface area contributed by atoms with Gasteiger partial charge in [-0.15, -0.1) is 0 Å². The van der Waals surface area contributed by atoms with Crippen molar-refractivity contribution in [3.63, 3.8) is 0 Å². The van der Waals surface area contributed by atoms with E-state index in [9.17, 15) is 0 Å². The Kier molecular flexibility index (Phi) is 13.3. The lowest BCUT2D eigenvalue weighted by Crippen LogP contribution is -2.46. The second-order valence-corrected chi connectivity index (χ2v) is 13.0. The molecule has 10 heteroatoms. The largest absolute Gasteiger partial charge is 0.500 e. The maximum absolute atomic E-state index is 5.65. The average molecular weight is 454 g/mol. The molecule has 8 nitrogen and oxygen atoms in total. The molecule has 2 fully saturated rings. The topological polar surface area (TPSA) is 93.9 Å². The molecule has 1 aliphatic carbocycles. The van der Waals surface area contributed by atoms with E-state index >= 15 is 0 Å². The maximum Gasteiger partial charge on any atom is 0.500 e. The third-order valence-electron chi connectivity index (χ3n) is 5.36. The van der Waals surface area contributed by atoms with Crippen LogP contribution >= 0.6 is 0 Å². The van der Waals surface area contributed by atoms with Crippen molar-refractivity contribution in [1.82, 2.24) is 0 Å². The van der Waals surface area contributed by atoms with Gasteiger partial charge in [-0.1, -0.05) is 0 Å². The Morgan fingerprint density at radius 2 is 1.38 bits per heavy atom. The summed E-state index contributed by atoms with van der Waals surface area (Å²) in [5, 5.41) is 0. The first kappa shape index (κ1) is 27.1. The van der Waals surface area contributed by atoms with Crippen LogP contribution in [0.3, 0.4) is 0 Å². The molecule has 1 heterocycles. The fraction of sp³-hybridized carbons (Fsp3) is 1.00. The second-order valence-electron chi connectivity index (χ2n) is 7.27. The monoisotopic (exact) mass is 453 g/mol. The number of rotatable bonds is 14. The average Bonchev–Trinajstić information content (AvgIpc) is 3.51. The summed E-state index contributed by atoms with van der Waals surface area (Å²) in [6, 6.07) is 1.74. The van der Waals surface area contributed by atoms with Crippen LogP contribution in [0.15, 0.2) is 0 Å². The molecule has 3 atom stereocenters. The fourth-order valence-electron chi connectivity index (χ4n) is 3.85. The molecule has 1 saturated heterocycles. The SMILES string of the molecule is CCO[Si](CCCN)(OCC)OCC.CO[Si](CC1CCC2OC2C1)(OC)OC. The molecule has 174 valence electrons. The van der Waals surface area contributed by atoms with Crippen molar-refractivity contribution in [3.05, 3.63) is 0 Å². The van der Waals surface area contributed by atoms with Gasteiger partial charge in [-0.25, -0.2) is 0 Å². The van der Waals surface area contributed by atoms with E-state index in [4.69, 9.17) is 37.0 Å². The minimum Gasteiger partial charge on any atom is -0.377 e. The van der Waals surface area contributed by atoms with E-state index < -0.39 is 17.6 Å². The molecule has 0 spiro atoms. The van der Waals surface area contributed by atoms with Crippen molar-refractivity contribution < 1.29 is 31.3 Å². The zero-order valence-electron chi connectivity index (χ0n) is 19.2. The molecule has 0 aromatic carbocycles. The molecule has 2 N–H and O–H groups in total. The molecular formula is C19H43NO7Si2. The first-order chi connectivity index (χ1) is 14.0. The van der Waals surface area contributed by atoms with Crippen molar-refractivity contribution in [2.75, 3.05) is 47.7 Å². The molecule has 0 aromatic rings. The van der Waals surface area contributed by atoms with E-state index in [1.54, 1.807) is 21.3 Å². The standard InChI is InChI=1S/C10H20O4Si.C9H23NO3Si/c1-11-15(12-2,13-3)7-8-4-5-9-10(6-8)14-9;1-4-11-14(12-5-2,13-6-3)9-7-8-10/h8-10H,4-7H2,1-3H3;4-10H2,1-3H3. The number of hydrogen-bond donors (Lipinski definition) is 1. The van der Waals surface area contributed by atoms with Crippen LogP contribution in [0.2, 0.25) is 12.1 Å². The van der Waals surface area contributed by atoms with Crippen LogP contribution in [0.5, 0.6) is 0 Å². The minimum absolute atomic E-state index is 0.515. The lowest BCUT2D eigenvalue weighted by Gasteiger charge is -2.29. The Bertz CT molecular complexity index is 404. The lowest BCUT2D eigenvalue weighted by atomic mass is 9.91. The Morgan fingerprint density at radius 1 is 0.828 bits per heavy atom. The molecular weight excluding hydrogens is 410 g/mol. The van der Waals surface area contributed by atoms with Gasteiger partial charge in [0.25, 0.3) is 0 Å². The quantitative estimate of drug-likeness (QED) is 0.317. The number of ether oxygens (including phenoxy) is 1. The van der Waals surface area contributed by atoms with Gasteiger partial charge in [-0.3, -0.25) is 0 Å². The predicted molar refractivity (Wildman–Crippen MR) is 117 cm³/mol. The molecule has 3 unspecified atom stereocenters. The Balaban J connectivity index is 0.000000291. The normalized spacial score (nSPS) is 23.9. The number of nitrogens with two attached hydrogens (primary N) is 1. The van der Waals surface area contributed by atoms with E-state index in [1.165, 1.54) is 12.8 Å². The van der Waals surface area contributed by atoms with E-state index in [0.717, 1.165) is 24.9 Å². The zero-order chi connectivity index (χ0) is 21.8. The molecule has 0 bridgehead atoms. The first-order valence-electron chi connectivity index (χ1n) is 10.9. The molecule has 1 aliphatic heterocycles. The molecule has 2 rings (SSSR count). The minimum atomic E-state index is -2.40. The van der Waals surface area contributed by atoms with Crippen LogP contribution in [0.4, 0.5) is 0 Å². The van der Waals surface area contributed by atoms with Crippen LogP contribution in [-0.4, -0.2) is 77.5 Å². The van der Waals surface area contributed by atoms with Crippen molar-refractivity contribution >= 4 is 17.6 Å². The number of fused-ring (bicyclic) bond motifs is 1. The van der Waals surface area contributed by atoms with Gasteiger partial charge in [0.05, 0.1) is 12.2 Å². The van der Waals surface area contributed by atoms with Crippen molar-refractivity contribution in [2.24, 2.45) is 11.7 Å². The number of epoxide rings is 1. The third kappa shape index (κ3) is 9.02. The molecule has 1 saturated carbocycles. The first-order valence-corrected chi connectivity index (χ1v) is 14.8.